The Hall–Kier alpha value is -3.86. The lowest BCUT2D eigenvalue weighted by molar-refractivity contribution is 0.111. The van der Waals surface area contributed by atoms with Crippen molar-refractivity contribution in [2.24, 2.45) is 0 Å². The number of phenolic OH excluding ortho intramolecular Hbond substituents is 1. The lowest BCUT2D eigenvalue weighted by atomic mass is 9.89. The van der Waals surface area contributed by atoms with Crippen LogP contribution < -0.4 is 9.80 Å². The lowest BCUT2D eigenvalue weighted by Crippen LogP contribution is -2.08. The van der Waals surface area contributed by atoms with Crippen LogP contribution in [-0.4, -0.2) is 45.9 Å². The Labute approximate surface area is 181 Å². The van der Waals surface area contributed by atoms with Crippen LogP contribution in [0.15, 0.2) is 54.6 Å². The summed E-state index contributed by atoms with van der Waals surface area (Å²) in [5.41, 5.74) is 3.95. The Bertz CT molecular complexity index is 1340. The maximum absolute atomic E-state index is 11.7. The van der Waals surface area contributed by atoms with Crippen LogP contribution in [0.3, 0.4) is 0 Å². The smallest absolute Gasteiger partial charge is 0.153 e. The number of hydrogen-bond donors (Lipinski definition) is 1. The maximum atomic E-state index is 11.7. The molecule has 0 bridgehead atoms. The van der Waals surface area contributed by atoms with Gasteiger partial charge in [0.2, 0.25) is 0 Å². The SMILES string of the molecule is CN(C)c1ccc2cc(C=O)cc(-c3c(O)c(C=O)cc4ccc(N(C)C)cc34)c2c1. The predicted molar refractivity (Wildman–Crippen MR) is 128 cm³/mol. The van der Waals surface area contributed by atoms with Gasteiger partial charge in [0.15, 0.2) is 6.29 Å². The van der Waals surface area contributed by atoms with Gasteiger partial charge in [-0.3, -0.25) is 9.59 Å². The molecule has 4 aromatic rings. The van der Waals surface area contributed by atoms with Gasteiger partial charge in [0.05, 0.1) is 5.56 Å². The number of hydrogen-bond acceptors (Lipinski definition) is 5. The Balaban J connectivity index is 2.20. The van der Waals surface area contributed by atoms with Crippen molar-refractivity contribution >= 4 is 45.5 Å². The molecule has 0 spiro atoms. The van der Waals surface area contributed by atoms with Gasteiger partial charge in [0.25, 0.3) is 0 Å². The fourth-order valence-corrected chi connectivity index (χ4v) is 3.96. The van der Waals surface area contributed by atoms with Gasteiger partial charge in [0, 0.05) is 50.7 Å². The zero-order valence-corrected chi connectivity index (χ0v) is 18.0. The van der Waals surface area contributed by atoms with Crippen LogP contribution in [0.4, 0.5) is 11.4 Å². The van der Waals surface area contributed by atoms with Crippen LogP contribution in [0.25, 0.3) is 32.7 Å². The summed E-state index contributed by atoms with van der Waals surface area (Å²) >= 11 is 0. The highest BCUT2D eigenvalue weighted by Gasteiger charge is 2.18. The molecule has 5 nitrogen and oxygen atoms in total. The second-order valence-electron chi connectivity index (χ2n) is 8.09. The summed E-state index contributed by atoms with van der Waals surface area (Å²) < 4.78 is 0. The van der Waals surface area contributed by atoms with Gasteiger partial charge >= 0.3 is 0 Å². The fourth-order valence-electron chi connectivity index (χ4n) is 3.96. The van der Waals surface area contributed by atoms with E-state index < -0.39 is 0 Å². The van der Waals surface area contributed by atoms with Crippen molar-refractivity contribution in [2.45, 2.75) is 0 Å². The fraction of sp³-hybridized carbons (Fsp3) is 0.154. The Morgan fingerprint density at radius 3 is 1.84 bits per heavy atom. The van der Waals surface area contributed by atoms with Crippen molar-refractivity contribution in [1.82, 2.24) is 0 Å². The molecule has 4 rings (SSSR count). The van der Waals surface area contributed by atoms with E-state index in [4.69, 9.17) is 0 Å². The number of phenols is 1. The van der Waals surface area contributed by atoms with Crippen LogP contribution in [0, 0.1) is 0 Å². The zero-order chi connectivity index (χ0) is 22.3. The van der Waals surface area contributed by atoms with Gasteiger partial charge in [-0.15, -0.1) is 0 Å². The standard InChI is InChI=1S/C26H24N2O3/c1-27(2)20-7-5-17-9-16(14-29)10-24(22(17)12-20)25-23-13-21(28(3)4)8-6-18(23)11-19(15-30)26(25)31/h5-15,31H,1-4H3. The first-order valence-corrected chi connectivity index (χ1v) is 9.97. The molecule has 0 fully saturated rings. The summed E-state index contributed by atoms with van der Waals surface area (Å²) in [6, 6.07) is 17.2. The molecule has 1 N–H and O–H groups in total. The lowest BCUT2D eigenvalue weighted by Gasteiger charge is -2.19. The van der Waals surface area contributed by atoms with Crippen LogP contribution in [0.2, 0.25) is 0 Å². The molecule has 0 saturated heterocycles. The van der Waals surface area contributed by atoms with Crippen molar-refractivity contribution in [3.63, 3.8) is 0 Å². The van der Waals surface area contributed by atoms with Crippen molar-refractivity contribution in [3.8, 4) is 16.9 Å². The summed E-state index contributed by atoms with van der Waals surface area (Å²) in [4.78, 5) is 27.4. The van der Waals surface area contributed by atoms with E-state index >= 15 is 0 Å². The third-order valence-corrected chi connectivity index (χ3v) is 5.65. The number of benzene rings is 4. The second-order valence-corrected chi connectivity index (χ2v) is 8.09. The first-order chi connectivity index (χ1) is 14.8. The molecule has 0 unspecified atom stereocenters. The highest BCUT2D eigenvalue weighted by Crippen LogP contribution is 2.43. The van der Waals surface area contributed by atoms with Crippen LogP contribution >= 0.6 is 0 Å². The number of aldehydes is 2. The summed E-state index contributed by atoms with van der Waals surface area (Å²) in [7, 11) is 7.83. The van der Waals surface area contributed by atoms with Gasteiger partial charge in [-0.2, -0.15) is 0 Å². The van der Waals surface area contributed by atoms with Crippen LogP contribution in [-0.2, 0) is 0 Å². The quantitative estimate of drug-likeness (QED) is 0.461. The number of carbonyl (C=O) groups excluding carboxylic acids is 2. The second kappa shape index (κ2) is 7.76. The van der Waals surface area contributed by atoms with Crippen LogP contribution in [0.1, 0.15) is 20.7 Å². The number of anilines is 2. The van der Waals surface area contributed by atoms with Gasteiger partial charge in [-0.25, -0.2) is 0 Å². The summed E-state index contributed by atoms with van der Waals surface area (Å²) in [6.07, 6.45) is 1.46. The maximum Gasteiger partial charge on any atom is 0.153 e. The van der Waals surface area contributed by atoms with Crippen molar-refractivity contribution in [3.05, 3.63) is 65.7 Å². The first-order valence-electron chi connectivity index (χ1n) is 9.97. The number of rotatable bonds is 5. The molecule has 0 aliphatic heterocycles. The minimum absolute atomic E-state index is 0.0852. The molecule has 0 aromatic heterocycles. The minimum Gasteiger partial charge on any atom is -0.507 e. The first kappa shape index (κ1) is 20.4. The molecule has 0 heterocycles. The Morgan fingerprint density at radius 1 is 0.710 bits per heavy atom. The monoisotopic (exact) mass is 412 g/mol. The van der Waals surface area contributed by atoms with E-state index in [1.54, 1.807) is 12.1 Å². The van der Waals surface area contributed by atoms with E-state index in [1.807, 2.05) is 80.5 Å². The average Bonchev–Trinajstić information content (AvgIpc) is 2.77. The topological polar surface area (TPSA) is 60.9 Å². The number of fused-ring (bicyclic) bond motifs is 2. The van der Waals surface area contributed by atoms with Crippen molar-refractivity contribution in [2.75, 3.05) is 38.0 Å². The summed E-state index contributed by atoms with van der Waals surface area (Å²) in [6.45, 7) is 0. The van der Waals surface area contributed by atoms with Crippen LogP contribution in [0.5, 0.6) is 5.75 Å². The molecule has 0 aliphatic rings. The molecule has 5 heteroatoms. The molecular formula is C26H24N2O3. The third kappa shape index (κ3) is 3.48. The molecular weight excluding hydrogens is 388 g/mol. The van der Waals surface area contributed by atoms with Gasteiger partial charge in [-0.05, 0) is 69.6 Å². The highest BCUT2D eigenvalue weighted by molar-refractivity contribution is 6.12. The van der Waals surface area contributed by atoms with Gasteiger partial charge in [-0.1, -0.05) is 12.1 Å². The average molecular weight is 412 g/mol. The van der Waals surface area contributed by atoms with Gasteiger partial charge in [0.1, 0.15) is 12.0 Å². The zero-order valence-electron chi connectivity index (χ0n) is 18.0. The van der Waals surface area contributed by atoms with E-state index in [2.05, 4.69) is 0 Å². The predicted octanol–water partition coefficient (Wildman–Crippen LogP) is 5.12. The molecule has 31 heavy (non-hydrogen) atoms. The minimum atomic E-state index is -0.0852. The molecule has 0 radical (unpaired) electrons. The summed E-state index contributed by atoms with van der Waals surface area (Å²) in [5, 5.41) is 14.6. The largest absolute Gasteiger partial charge is 0.507 e. The van der Waals surface area contributed by atoms with E-state index in [1.165, 1.54) is 0 Å². The highest BCUT2D eigenvalue weighted by atomic mass is 16.3. The molecule has 156 valence electrons. The molecule has 0 atom stereocenters. The number of aromatic hydroxyl groups is 1. The van der Waals surface area contributed by atoms with E-state index in [0.717, 1.165) is 39.2 Å². The molecule has 0 saturated carbocycles. The van der Waals surface area contributed by atoms with Crippen molar-refractivity contribution in [1.29, 1.82) is 0 Å². The van der Waals surface area contributed by atoms with E-state index in [9.17, 15) is 14.7 Å². The van der Waals surface area contributed by atoms with Gasteiger partial charge < -0.3 is 14.9 Å². The van der Waals surface area contributed by atoms with E-state index in [0.29, 0.717) is 23.0 Å². The Kier molecular flexibility index (Phi) is 5.11. The third-order valence-electron chi connectivity index (χ3n) is 5.65. The summed E-state index contributed by atoms with van der Waals surface area (Å²) in [5.74, 6) is -0.0852. The number of carbonyl (C=O) groups is 2. The molecule has 0 amide bonds. The van der Waals surface area contributed by atoms with E-state index in [-0.39, 0.29) is 11.3 Å². The molecule has 0 aliphatic carbocycles. The number of nitrogens with zero attached hydrogens (tertiary/aromatic N) is 2. The molecule has 4 aromatic carbocycles. The normalized spacial score (nSPS) is 11.0. The van der Waals surface area contributed by atoms with Crippen molar-refractivity contribution < 1.29 is 14.7 Å². The Morgan fingerprint density at radius 2 is 1.29 bits per heavy atom.